The third-order valence-electron chi connectivity index (χ3n) is 4.17. The molecule has 0 spiro atoms. The van der Waals surface area contributed by atoms with Gasteiger partial charge < -0.3 is 15.1 Å². The number of aromatic nitrogens is 2. The Kier molecular flexibility index (Phi) is 5.53. The second kappa shape index (κ2) is 7.82. The van der Waals surface area contributed by atoms with Gasteiger partial charge in [-0.3, -0.25) is 4.79 Å². The molecule has 1 aliphatic rings. The van der Waals surface area contributed by atoms with Crippen LogP contribution in [0.2, 0.25) is 0 Å². The molecule has 0 unspecified atom stereocenters. The van der Waals surface area contributed by atoms with Crippen LogP contribution in [0.25, 0.3) is 0 Å². The normalized spacial score (nSPS) is 14.5. The molecular weight excluding hydrogens is 382 g/mol. The summed E-state index contributed by atoms with van der Waals surface area (Å²) in [5.74, 6) is 1.64. The van der Waals surface area contributed by atoms with Crippen molar-refractivity contribution < 1.29 is 4.79 Å². The second-order valence-electron chi connectivity index (χ2n) is 5.98. The minimum absolute atomic E-state index is 0.0688. The van der Waals surface area contributed by atoms with Crippen molar-refractivity contribution in [1.82, 2.24) is 14.9 Å². The van der Waals surface area contributed by atoms with E-state index in [-0.39, 0.29) is 5.91 Å². The van der Waals surface area contributed by atoms with Crippen LogP contribution >= 0.6 is 15.9 Å². The molecule has 0 aliphatic carbocycles. The summed E-state index contributed by atoms with van der Waals surface area (Å²) in [6.45, 7) is 7.67. The molecule has 1 N–H and O–H groups in total. The predicted octanol–water partition coefficient (Wildman–Crippen LogP) is 2.94. The Hall–Kier alpha value is -2.15. The first-order chi connectivity index (χ1) is 12.1. The highest BCUT2D eigenvalue weighted by molar-refractivity contribution is 9.10. The summed E-state index contributed by atoms with van der Waals surface area (Å²) in [6, 6.07) is 9.55. The molecule has 0 radical (unpaired) electrons. The molecule has 1 saturated heterocycles. The third kappa shape index (κ3) is 4.10. The summed E-state index contributed by atoms with van der Waals surface area (Å²) in [5, 5.41) is 3.16. The minimum Gasteiger partial charge on any atom is -0.354 e. The van der Waals surface area contributed by atoms with Crippen LogP contribution in [0.3, 0.4) is 0 Å². The predicted molar refractivity (Wildman–Crippen MR) is 103 cm³/mol. The van der Waals surface area contributed by atoms with Crippen LogP contribution in [-0.2, 0) is 0 Å². The van der Waals surface area contributed by atoms with E-state index < -0.39 is 0 Å². The van der Waals surface area contributed by atoms with E-state index in [2.05, 4.69) is 36.1 Å². The summed E-state index contributed by atoms with van der Waals surface area (Å²) in [7, 11) is 0. The summed E-state index contributed by atoms with van der Waals surface area (Å²) in [4.78, 5) is 25.8. The number of carbonyl (C=O) groups excluding carboxylic acids is 1. The van der Waals surface area contributed by atoms with E-state index in [9.17, 15) is 4.79 Å². The molecule has 1 aromatic carbocycles. The van der Waals surface area contributed by atoms with E-state index in [1.807, 2.05) is 49.1 Å². The molecule has 0 bridgehead atoms. The van der Waals surface area contributed by atoms with Gasteiger partial charge in [-0.1, -0.05) is 12.1 Å². The number of piperazine rings is 1. The highest BCUT2D eigenvalue weighted by Crippen LogP contribution is 2.21. The first-order valence-electron chi connectivity index (χ1n) is 8.47. The Bertz CT molecular complexity index is 759. The Balaban J connectivity index is 1.68. The fraction of sp³-hybridized carbons (Fsp3) is 0.389. The molecule has 0 atom stereocenters. The number of benzene rings is 1. The molecule has 1 amide bonds. The Morgan fingerprint density at radius 3 is 2.60 bits per heavy atom. The van der Waals surface area contributed by atoms with Crippen molar-refractivity contribution in [3.8, 4) is 0 Å². The van der Waals surface area contributed by atoms with Crippen molar-refractivity contribution in [3.05, 3.63) is 46.1 Å². The number of hydrogen-bond acceptors (Lipinski definition) is 5. The lowest BCUT2D eigenvalue weighted by Gasteiger charge is -2.35. The van der Waals surface area contributed by atoms with Crippen LogP contribution in [0.1, 0.15) is 23.0 Å². The smallest absolute Gasteiger partial charge is 0.255 e. The topological polar surface area (TPSA) is 61.4 Å². The number of carbonyl (C=O) groups is 1. The van der Waals surface area contributed by atoms with Crippen LogP contribution in [0.15, 0.2) is 34.8 Å². The number of nitrogens with zero attached hydrogens (tertiary/aromatic N) is 4. The third-order valence-corrected chi connectivity index (χ3v) is 4.86. The summed E-state index contributed by atoms with van der Waals surface area (Å²) in [5.41, 5.74) is 1.65. The Labute approximate surface area is 156 Å². The SMILES string of the molecule is CCNc1nc(C)cc(N2CCN(C(=O)c3ccccc3Br)CC2)n1. The largest absolute Gasteiger partial charge is 0.354 e. The van der Waals surface area contributed by atoms with E-state index >= 15 is 0 Å². The molecule has 1 fully saturated rings. The van der Waals surface area contributed by atoms with Gasteiger partial charge in [0.15, 0.2) is 0 Å². The monoisotopic (exact) mass is 403 g/mol. The zero-order valence-corrected chi connectivity index (χ0v) is 16.1. The molecular formula is C18H22BrN5O. The quantitative estimate of drug-likeness (QED) is 0.849. The van der Waals surface area contributed by atoms with Crippen molar-refractivity contribution in [2.24, 2.45) is 0 Å². The van der Waals surface area contributed by atoms with Crippen LogP contribution in [-0.4, -0.2) is 53.5 Å². The van der Waals surface area contributed by atoms with Crippen molar-refractivity contribution in [1.29, 1.82) is 0 Å². The van der Waals surface area contributed by atoms with Crippen molar-refractivity contribution in [2.75, 3.05) is 42.9 Å². The van der Waals surface area contributed by atoms with Crippen LogP contribution < -0.4 is 10.2 Å². The number of halogens is 1. The number of anilines is 2. The lowest BCUT2D eigenvalue weighted by atomic mass is 10.2. The summed E-state index contributed by atoms with van der Waals surface area (Å²) >= 11 is 3.46. The van der Waals surface area contributed by atoms with Gasteiger partial charge in [0.05, 0.1) is 5.56 Å². The van der Waals surface area contributed by atoms with Crippen LogP contribution in [0.5, 0.6) is 0 Å². The molecule has 0 saturated carbocycles. The fourth-order valence-electron chi connectivity index (χ4n) is 2.89. The highest BCUT2D eigenvalue weighted by atomic mass is 79.9. The lowest BCUT2D eigenvalue weighted by molar-refractivity contribution is 0.0745. The molecule has 1 aliphatic heterocycles. The molecule has 7 heteroatoms. The van der Waals surface area contributed by atoms with E-state index in [4.69, 9.17) is 0 Å². The first kappa shape index (κ1) is 17.7. The maximum atomic E-state index is 12.7. The zero-order valence-electron chi connectivity index (χ0n) is 14.5. The van der Waals surface area contributed by atoms with Crippen molar-refractivity contribution in [2.45, 2.75) is 13.8 Å². The summed E-state index contributed by atoms with van der Waals surface area (Å²) < 4.78 is 0.837. The van der Waals surface area contributed by atoms with Gasteiger partial charge in [-0.15, -0.1) is 0 Å². The lowest BCUT2D eigenvalue weighted by Crippen LogP contribution is -2.49. The average molecular weight is 404 g/mol. The van der Waals surface area contributed by atoms with Crippen LogP contribution in [0.4, 0.5) is 11.8 Å². The van der Waals surface area contributed by atoms with Gasteiger partial charge >= 0.3 is 0 Å². The molecule has 1 aromatic heterocycles. The van der Waals surface area contributed by atoms with E-state index in [0.717, 1.165) is 35.6 Å². The summed E-state index contributed by atoms with van der Waals surface area (Å²) in [6.07, 6.45) is 0. The number of rotatable bonds is 4. The second-order valence-corrected chi connectivity index (χ2v) is 6.83. The Morgan fingerprint density at radius 2 is 1.92 bits per heavy atom. The standard InChI is InChI=1S/C18H22BrN5O/c1-3-20-18-21-13(2)12-16(22-18)23-8-10-24(11-9-23)17(25)14-6-4-5-7-15(14)19/h4-7,12H,3,8-11H2,1-2H3,(H,20,21,22). The fourth-order valence-corrected chi connectivity index (χ4v) is 3.35. The van der Waals surface area contributed by atoms with Gasteiger partial charge in [0.1, 0.15) is 5.82 Å². The minimum atomic E-state index is 0.0688. The number of amides is 1. The van der Waals surface area contributed by atoms with Gasteiger partial charge in [-0.25, -0.2) is 4.98 Å². The van der Waals surface area contributed by atoms with Gasteiger partial charge in [-0.2, -0.15) is 4.98 Å². The van der Waals surface area contributed by atoms with Gasteiger partial charge in [0.25, 0.3) is 5.91 Å². The molecule has 25 heavy (non-hydrogen) atoms. The highest BCUT2D eigenvalue weighted by Gasteiger charge is 2.24. The van der Waals surface area contributed by atoms with Crippen molar-refractivity contribution >= 4 is 33.6 Å². The number of aryl methyl sites for hydroxylation is 1. The molecule has 132 valence electrons. The maximum absolute atomic E-state index is 12.7. The van der Waals surface area contributed by atoms with Crippen molar-refractivity contribution in [3.63, 3.8) is 0 Å². The molecule has 2 aromatic rings. The number of hydrogen-bond donors (Lipinski definition) is 1. The Morgan fingerprint density at radius 1 is 1.20 bits per heavy atom. The van der Waals surface area contributed by atoms with E-state index in [1.54, 1.807) is 0 Å². The van der Waals surface area contributed by atoms with Gasteiger partial charge in [0, 0.05) is 49.0 Å². The van der Waals surface area contributed by atoms with E-state index in [1.165, 1.54) is 0 Å². The molecule has 2 heterocycles. The molecule has 6 nitrogen and oxygen atoms in total. The number of nitrogens with one attached hydrogen (secondary N) is 1. The zero-order chi connectivity index (χ0) is 17.8. The maximum Gasteiger partial charge on any atom is 0.255 e. The van der Waals surface area contributed by atoms with E-state index in [0.29, 0.717) is 24.6 Å². The average Bonchev–Trinajstić information content (AvgIpc) is 2.61. The molecule has 3 rings (SSSR count). The van der Waals surface area contributed by atoms with Crippen LogP contribution in [0, 0.1) is 6.92 Å². The first-order valence-corrected chi connectivity index (χ1v) is 9.26. The van der Waals surface area contributed by atoms with Gasteiger partial charge in [0.2, 0.25) is 5.95 Å². The van der Waals surface area contributed by atoms with Gasteiger partial charge in [-0.05, 0) is 41.9 Å².